The van der Waals surface area contributed by atoms with Crippen molar-refractivity contribution in [3.8, 4) is 0 Å². The third-order valence-electron chi connectivity index (χ3n) is 3.11. The number of imidazole rings is 1. The first-order valence-electron chi connectivity index (χ1n) is 6.86. The lowest BCUT2D eigenvalue weighted by Crippen LogP contribution is -2.18. The van der Waals surface area contributed by atoms with E-state index in [0.717, 1.165) is 23.6 Å². The first kappa shape index (κ1) is 13.7. The predicted molar refractivity (Wildman–Crippen MR) is 77.9 cm³/mol. The van der Waals surface area contributed by atoms with Crippen LogP contribution in [0.4, 0.5) is 0 Å². The highest BCUT2D eigenvalue weighted by molar-refractivity contribution is 5.39. The molecule has 1 N–H and O–H groups in total. The summed E-state index contributed by atoms with van der Waals surface area (Å²) in [6.07, 6.45) is 5.93. The van der Waals surface area contributed by atoms with Gasteiger partial charge in [0, 0.05) is 32.6 Å². The highest BCUT2D eigenvalue weighted by atomic mass is 16.5. The van der Waals surface area contributed by atoms with Crippen LogP contribution >= 0.6 is 0 Å². The molecule has 0 saturated heterocycles. The van der Waals surface area contributed by atoms with Gasteiger partial charge in [0.2, 0.25) is 0 Å². The van der Waals surface area contributed by atoms with Gasteiger partial charge < -0.3 is 14.5 Å². The van der Waals surface area contributed by atoms with Crippen LogP contribution in [0.5, 0.6) is 0 Å². The van der Waals surface area contributed by atoms with Crippen molar-refractivity contribution in [1.29, 1.82) is 0 Å². The Kier molecular flexibility index (Phi) is 4.23. The molecule has 0 aliphatic carbocycles. The second-order valence-corrected chi connectivity index (χ2v) is 4.78. The van der Waals surface area contributed by atoms with Gasteiger partial charge in [-0.05, 0) is 12.1 Å². The molecule has 0 saturated carbocycles. The van der Waals surface area contributed by atoms with Crippen molar-refractivity contribution < 1.29 is 4.74 Å². The molecule has 0 bridgehead atoms. The zero-order chi connectivity index (χ0) is 14.5. The molecule has 0 radical (unpaired) electrons. The topological polar surface area (TPSA) is 69.3 Å². The Morgan fingerprint density at radius 2 is 2.19 bits per heavy atom. The molecule has 0 amide bonds. The number of fused-ring (bicyclic) bond motifs is 1. The van der Waals surface area contributed by atoms with Crippen molar-refractivity contribution in [2.75, 3.05) is 20.3 Å². The molecule has 21 heavy (non-hydrogen) atoms. The maximum Gasteiger partial charge on any atom is 0.137 e. The van der Waals surface area contributed by atoms with Gasteiger partial charge in [-0.2, -0.15) is 0 Å². The lowest BCUT2D eigenvalue weighted by Gasteiger charge is -1.99. The molecule has 3 aromatic rings. The fourth-order valence-electron chi connectivity index (χ4n) is 2.12. The van der Waals surface area contributed by atoms with Gasteiger partial charge in [0.15, 0.2) is 0 Å². The van der Waals surface area contributed by atoms with Crippen molar-refractivity contribution in [2.24, 2.45) is 0 Å². The Labute approximate surface area is 122 Å². The fraction of sp³-hybridized carbons (Fsp3) is 0.357. The predicted octanol–water partition coefficient (Wildman–Crippen LogP) is 0.710. The monoisotopic (exact) mass is 286 g/mol. The van der Waals surface area contributed by atoms with Crippen LogP contribution in [0.25, 0.3) is 5.65 Å². The average molecular weight is 286 g/mol. The third-order valence-corrected chi connectivity index (χ3v) is 3.11. The summed E-state index contributed by atoms with van der Waals surface area (Å²) in [5.41, 5.74) is 2.81. The zero-order valence-electron chi connectivity index (χ0n) is 11.9. The Morgan fingerprint density at radius 3 is 3.05 bits per heavy atom. The summed E-state index contributed by atoms with van der Waals surface area (Å²) in [5.74, 6) is 0. The zero-order valence-corrected chi connectivity index (χ0v) is 11.9. The van der Waals surface area contributed by atoms with Gasteiger partial charge in [0.25, 0.3) is 0 Å². The molecule has 0 aliphatic heterocycles. The summed E-state index contributed by atoms with van der Waals surface area (Å²) >= 11 is 0. The van der Waals surface area contributed by atoms with E-state index in [4.69, 9.17) is 4.74 Å². The lowest BCUT2D eigenvalue weighted by molar-refractivity contribution is 0.199. The Morgan fingerprint density at radius 1 is 1.24 bits per heavy atom. The van der Waals surface area contributed by atoms with E-state index in [-0.39, 0.29) is 0 Å². The van der Waals surface area contributed by atoms with Crippen molar-refractivity contribution in [3.63, 3.8) is 0 Å². The van der Waals surface area contributed by atoms with Gasteiger partial charge in [-0.25, -0.2) is 9.67 Å². The minimum atomic E-state index is 0.618. The number of methoxy groups -OCH3 is 1. The van der Waals surface area contributed by atoms with Crippen molar-refractivity contribution >= 4 is 5.65 Å². The molecule has 7 nitrogen and oxygen atoms in total. The van der Waals surface area contributed by atoms with E-state index in [1.165, 1.54) is 0 Å². The summed E-state index contributed by atoms with van der Waals surface area (Å²) in [6, 6.07) is 5.94. The summed E-state index contributed by atoms with van der Waals surface area (Å²) < 4.78 is 8.78. The van der Waals surface area contributed by atoms with Crippen LogP contribution in [0, 0.1) is 0 Å². The third kappa shape index (κ3) is 3.45. The second-order valence-electron chi connectivity index (χ2n) is 4.78. The number of hydrogen-bond acceptors (Lipinski definition) is 5. The molecule has 3 aromatic heterocycles. The van der Waals surface area contributed by atoms with Crippen LogP contribution in [0.15, 0.2) is 36.8 Å². The number of ether oxygens (including phenoxy) is 1. The van der Waals surface area contributed by atoms with Crippen LogP contribution in [0.1, 0.15) is 11.4 Å². The maximum atomic E-state index is 4.98. The molecule has 0 unspecified atom stereocenters. The maximum absolute atomic E-state index is 4.98. The number of hydrogen-bond donors (Lipinski definition) is 1. The molecule has 7 heteroatoms. The molecular formula is C14H18N6O. The quantitative estimate of drug-likeness (QED) is 0.648. The molecule has 0 aliphatic rings. The van der Waals surface area contributed by atoms with Gasteiger partial charge in [-0.1, -0.05) is 11.3 Å². The van der Waals surface area contributed by atoms with Crippen LogP contribution in [0.2, 0.25) is 0 Å². The highest BCUT2D eigenvalue weighted by Crippen LogP contribution is 2.06. The summed E-state index contributed by atoms with van der Waals surface area (Å²) in [4.78, 5) is 4.55. The van der Waals surface area contributed by atoms with Gasteiger partial charge in [-0.3, -0.25) is 0 Å². The Bertz CT molecular complexity index is 671. The molecule has 0 atom stereocenters. The summed E-state index contributed by atoms with van der Waals surface area (Å²) in [7, 11) is 1.69. The van der Waals surface area contributed by atoms with Gasteiger partial charge in [0.05, 0.1) is 30.7 Å². The van der Waals surface area contributed by atoms with E-state index in [2.05, 4.69) is 20.6 Å². The van der Waals surface area contributed by atoms with E-state index in [9.17, 15) is 0 Å². The molecule has 0 aromatic carbocycles. The Hall–Kier alpha value is -2.25. The molecule has 3 heterocycles. The Balaban J connectivity index is 1.61. The average Bonchev–Trinajstić information content (AvgIpc) is 3.10. The number of aromatic nitrogens is 5. The normalized spacial score (nSPS) is 11.3. The van der Waals surface area contributed by atoms with Crippen LogP contribution in [0.3, 0.4) is 0 Å². The summed E-state index contributed by atoms with van der Waals surface area (Å²) in [6.45, 7) is 2.80. The minimum Gasteiger partial charge on any atom is -0.383 e. The summed E-state index contributed by atoms with van der Waals surface area (Å²) in [5, 5.41) is 11.5. The fourth-order valence-corrected chi connectivity index (χ4v) is 2.12. The van der Waals surface area contributed by atoms with Crippen molar-refractivity contribution in [1.82, 2.24) is 29.7 Å². The van der Waals surface area contributed by atoms with E-state index in [1.807, 2.05) is 41.2 Å². The standard InChI is InChI=1S/C14H18N6O/c1-21-7-5-15-8-12-10-20(18-17-12)11-13-9-19-6-3-2-4-14(19)16-13/h2-4,6,9-10,15H,5,7-8,11H2,1H3. The van der Waals surface area contributed by atoms with Crippen LogP contribution in [-0.4, -0.2) is 44.6 Å². The molecule has 0 fully saturated rings. The largest absolute Gasteiger partial charge is 0.383 e. The second kappa shape index (κ2) is 6.47. The first-order valence-corrected chi connectivity index (χ1v) is 6.86. The first-order chi connectivity index (χ1) is 10.3. The van der Waals surface area contributed by atoms with E-state index in [1.54, 1.807) is 11.8 Å². The number of pyridine rings is 1. The van der Waals surface area contributed by atoms with Gasteiger partial charge >= 0.3 is 0 Å². The van der Waals surface area contributed by atoms with Gasteiger partial charge in [-0.15, -0.1) is 5.10 Å². The minimum absolute atomic E-state index is 0.618. The number of nitrogens with one attached hydrogen (secondary N) is 1. The van der Waals surface area contributed by atoms with E-state index in [0.29, 0.717) is 19.7 Å². The number of rotatable bonds is 7. The van der Waals surface area contributed by atoms with E-state index >= 15 is 0 Å². The molecular weight excluding hydrogens is 268 g/mol. The SMILES string of the molecule is COCCNCc1cn(Cc2cn3ccccc3n2)nn1. The molecule has 3 rings (SSSR count). The highest BCUT2D eigenvalue weighted by Gasteiger charge is 2.04. The number of nitrogens with zero attached hydrogens (tertiary/aromatic N) is 5. The van der Waals surface area contributed by atoms with Crippen LogP contribution in [-0.2, 0) is 17.8 Å². The van der Waals surface area contributed by atoms with Gasteiger partial charge in [0.1, 0.15) is 5.65 Å². The molecule has 110 valence electrons. The smallest absolute Gasteiger partial charge is 0.137 e. The van der Waals surface area contributed by atoms with E-state index < -0.39 is 0 Å². The molecule has 0 spiro atoms. The van der Waals surface area contributed by atoms with Crippen molar-refractivity contribution in [2.45, 2.75) is 13.1 Å². The van der Waals surface area contributed by atoms with Crippen molar-refractivity contribution in [3.05, 3.63) is 48.2 Å². The van der Waals surface area contributed by atoms with Crippen LogP contribution < -0.4 is 5.32 Å². The lowest BCUT2D eigenvalue weighted by atomic mass is 10.4.